The number of nitrogens with zero attached hydrogens (tertiary/aromatic N) is 2. The average molecular weight is 369 g/mol. The Bertz CT molecular complexity index is 738. The highest BCUT2D eigenvalue weighted by Gasteiger charge is 1.98. The van der Waals surface area contributed by atoms with E-state index in [1.54, 1.807) is 24.3 Å². The van der Waals surface area contributed by atoms with Gasteiger partial charge in [0.15, 0.2) is 0 Å². The maximum Gasteiger partial charge on any atom is 0.130 e. The normalized spacial score (nSPS) is 9.35. The second kappa shape index (κ2) is 8.63. The summed E-state index contributed by atoms with van der Waals surface area (Å²) in [5, 5.41) is 17.4. The Labute approximate surface area is 143 Å². The Hall–Kier alpha value is -2.76. The summed E-state index contributed by atoms with van der Waals surface area (Å²) in [6.07, 6.45) is 1.53. The molecule has 0 bridgehead atoms. The van der Waals surface area contributed by atoms with Gasteiger partial charge in [0, 0.05) is 4.47 Å². The van der Waals surface area contributed by atoms with Crippen LogP contribution in [-0.4, -0.2) is 13.2 Å². The van der Waals surface area contributed by atoms with Crippen molar-refractivity contribution in [3.63, 3.8) is 0 Å². The Morgan fingerprint density at radius 2 is 1.35 bits per heavy atom. The van der Waals surface area contributed by atoms with Gasteiger partial charge in [-0.05, 0) is 48.0 Å². The van der Waals surface area contributed by atoms with Crippen molar-refractivity contribution in [1.29, 1.82) is 10.5 Å². The van der Waals surface area contributed by atoms with Crippen molar-refractivity contribution in [2.45, 2.75) is 0 Å². The SMILES string of the molecule is N#CC(C#N)=Cc1ccc(OCCOc2ccc(Br)cc2)cc1. The van der Waals surface area contributed by atoms with Crippen LogP contribution in [-0.2, 0) is 0 Å². The standard InChI is InChI=1S/C18H13BrN2O2/c19-16-3-7-18(8-4-16)23-10-9-22-17-5-1-14(2-6-17)11-15(12-20)13-21/h1-8,11H,9-10H2. The zero-order chi connectivity index (χ0) is 16.5. The van der Waals surface area contributed by atoms with E-state index in [0.29, 0.717) is 19.0 Å². The minimum atomic E-state index is 0.0709. The highest BCUT2D eigenvalue weighted by molar-refractivity contribution is 9.10. The van der Waals surface area contributed by atoms with Crippen LogP contribution in [0.1, 0.15) is 5.56 Å². The molecule has 2 rings (SSSR count). The van der Waals surface area contributed by atoms with Gasteiger partial charge in [0.2, 0.25) is 0 Å². The van der Waals surface area contributed by atoms with Crippen molar-refractivity contribution in [3.05, 3.63) is 64.1 Å². The van der Waals surface area contributed by atoms with Crippen LogP contribution in [0.15, 0.2) is 58.6 Å². The van der Waals surface area contributed by atoms with Gasteiger partial charge in [0.1, 0.15) is 42.4 Å². The molecule has 4 nitrogen and oxygen atoms in total. The second-order valence-electron chi connectivity index (χ2n) is 4.50. The quantitative estimate of drug-likeness (QED) is 0.561. The fourth-order valence-electron chi connectivity index (χ4n) is 1.77. The minimum Gasteiger partial charge on any atom is -0.490 e. The van der Waals surface area contributed by atoms with Crippen LogP contribution in [0.2, 0.25) is 0 Å². The van der Waals surface area contributed by atoms with Crippen LogP contribution in [0.3, 0.4) is 0 Å². The van der Waals surface area contributed by atoms with Crippen molar-refractivity contribution in [3.8, 4) is 23.6 Å². The molecule has 2 aromatic carbocycles. The van der Waals surface area contributed by atoms with Gasteiger partial charge >= 0.3 is 0 Å². The maximum atomic E-state index is 8.71. The first-order chi connectivity index (χ1) is 11.2. The molecule has 0 radical (unpaired) electrons. The molecule has 0 amide bonds. The van der Waals surface area contributed by atoms with E-state index in [4.69, 9.17) is 20.0 Å². The Morgan fingerprint density at radius 3 is 1.83 bits per heavy atom. The van der Waals surface area contributed by atoms with E-state index in [1.165, 1.54) is 6.08 Å². The maximum absolute atomic E-state index is 8.71. The molecule has 0 heterocycles. The van der Waals surface area contributed by atoms with Crippen molar-refractivity contribution in [2.75, 3.05) is 13.2 Å². The smallest absolute Gasteiger partial charge is 0.130 e. The van der Waals surface area contributed by atoms with Gasteiger partial charge in [-0.25, -0.2) is 0 Å². The van der Waals surface area contributed by atoms with Crippen LogP contribution in [0, 0.1) is 22.7 Å². The van der Waals surface area contributed by atoms with E-state index in [0.717, 1.165) is 15.8 Å². The van der Waals surface area contributed by atoms with Gasteiger partial charge in [-0.15, -0.1) is 0 Å². The summed E-state index contributed by atoms with van der Waals surface area (Å²) in [4.78, 5) is 0. The first kappa shape index (κ1) is 16.6. The first-order valence-corrected chi connectivity index (χ1v) is 7.63. The largest absolute Gasteiger partial charge is 0.490 e. The summed E-state index contributed by atoms with van der Waals surface area (Å²) in [6.45, 7) is 0.864. The minimum absolute atomic E-state index is 0.0709. The van der Waals surface area contributed by atoms with Crippen LogP contribution in [0.4, 0.5) is 0 Å². The molecule has 0 saturated carbocycles. The molecule has 0 aliphatic rings. The van der Waals surface area contributed by atoms with E-state index in [2.05, 4.69) is 15.9 Å². The van der Waals surface area contributed by atoms with Gasteiger partial charge in [-0.1, -0.05) is 28.1 Å². The Kier molecular flexibility index (Phi) is 6.23. The van der Waals surface area contributed by atoms with Crippen molar-refractivity contribution in [2.24, 2.45) is 0 Å². The molecule has 0 aliphatic heterocycles. The highest BCUT2D eigenvalue weighted by atomic mass is 79.9. The molecule has 2 aromatic rings. The third-order valence-corrected chi connectivity index (χ3v) is 3.40. The lowest BCUT2D eigenvalue weighted by molar-refractivity contribution is 0.217. The third-order valence-electron chi connectivity index (χ3n) is 2.87. The molecule has 0 N–H and O–H groups in total. The van der Waals surface area contributed by atoms with Crippen molar-refractivity contribution >= 4 is 22.0 Å². The summed E-state index contributed by atoms with van der Waals surface area (Å²) < 4.78 is 12.1. The highest BCUT2D eigenvalue weighted by Crippen LogP contribution is 2.17. The Balaban J connectivity index is 1.80. The molecule has 0 fully saturated rings. The summed E-state index contributed by atoms with van der Waals surface area (Å²) in [6, 6.07) is 18.4. The molecule has 0 aromatic heterocycles. The number of allylic oxidation sites excluding steroid dienone is 1. The van der Waals surface area contributed by atoms with Crippen LogP contribution < -0.4 is 9.47 Å². The molecule has 0 spiro atoms. The summed E-state index contributed by atoms with van der Waals surface area (Å²) >= 11 is 3.37. The lowest BCUT2D eigenvalue weighted by atomic mass is 10.1. The fraction of sp³-hybridized carbons (Fsp3) is 0.111. The van der Waals surface area contributed by atoms with E-state index in [1.807, 2.05) is 36.4 Å². The number of hydrogen-bond donors (Lipinski definition) is 0. The summed E-state index contributed by atoms with van der Waals surface area (Å²) in [5.74, 6) is 1.50. The summed E-state index contributed by atoms with van der Waals surface area (Å²) in [7, 11) is 0. The third kappa shape index (κ3) is 5.50. The predicted octanol–water partition coefficient (Wildman–Crippen LogP) is 4.34. The lowest BCUT2D eigenvalue weighted by Gasteiger charge is -2.08. The number of halogens is 1. The first-order valence-electron chi connectivity index (χ1n) is 6.84. The number of rotatable bonds is 6. The molecule has 0 saturated heterocycles. The van der Waals surface area contributed by atoms with Gasteiger partial charge in [-0.3, -0.25) is 0 Å². The zero-order valence-corrected chi connectivity index (χ0v) is 13.8. The van der Waals surface area contributed by atoms with Gasteiger partial charge in [0.05, 0.1) is 0 Å². The molecule has 0 unspecified atom stereocenters. The molecular weight excluding hydrogens is 356 g/mol. The van der Waals surface area contributed by atoms with Crippen molar-refractivity contribution < 1.29 is 9.47 Å². The van der Waals surface area contributed by atoms with Crippen molar-refractivity contribution in [1.82, 2.24) is 0 Å². The molecule has 0 aliphatic carbocycles. The molecule has 23 heavy (non-hydrogen) atoms. The predicted molar refractivity (Wildman–Crippen MR) is 90.8 cm³/mol. The Morgan fingerprint density at radius 1 is 0.870 bits per heavy atom. The molecule has 0 atom stereocenters. The number of hydrogen-bond acceptors (Lipinski definition) is 4. The van der Waals surface area contributed by atoms with Gasteiger partial charge < -0.3 is 9.47 Å². The van der Waals surface area contributed by atoms with Crippen LogP contribution >= 0.6 is 15.9 Å². The van der Waals surface area contributed by atoms with E-state index < -0.39 is 0 Å². The van der Waals surface area contributed by atoms with Gasteiger partial charge in [-0.2, -0.15) is 10.5 Å². The molecule has 114 valence electrons. The zero-order valence-electron chi connectivity index (χ0n) is 12.2. The van der Waals surface area contributed by atoms with Gasteiger partial charge in [0.25, 0.3) is 0 Å². The molecular formula is C18H13BrN2O2. The fourth-order valence-corrected chi connectivity index (χ4v) is 2.03. The second-order valence-corrected chi connectivity index (χ2v) is 5.42. The number of ether oxygens (including phenoxy) is 2. The van der Waals surface area contributed by atoms with E-state index in [9.17, 15) is 0 Å². The van der Waals surface area contributed by atoms with E-state index >= 15 is 0 Å². The topological polar surface area (TPSA) is 66.0 Å². The number of nitriles is 2. The van der Waals surface area contributed by atoms with Crippen LogP contribution in [0.5, 0.6) is 11.5 Å². The average Bonchev–Trinajstić information content (AvgIpc) is 2.59. The monoisotopic (exact) mass is 368 g/mol. The molecule has 5 heteroatoms. The summed E-state index contributed by atoms with van der Waals surface area (Å²) in [5.41, 5.74) is 0.850. The van der Waals surface area contributed by atoms with Crippen LogP contribution in [0.25, 0.3) is 6.08 Å². The lowest BCUT2D eigenvalue weighted by Crippen LogP contribution is -2.08. The van der Waals surface area contributed by atoms with E-state index in [-0.39, 0.29) is 5.57 Å². The number of benzene rings is 2.